The molecule has 112 valence electrons. The zero-order chi connectivity index (χ0) is 15.1. The summed E-state index contributed by atoms with van der Waals surface area (Å²) in [5, 5.41) is 0.316. The average molecular weight is 295 g/mol. The lowest BCUT2D eigenvalue weighted by Gasteiger charge is -2.16. The van der Waals surface area contributed by atoms with Crippen LogP contribution in [0.2, 0.25) is 0 Å². The summed E-state index contributed by atoms with van der Waals surface area (Å²) in [6, 6.07) is 8.11. The molecular formula is C16H25NO2S. The Hall–Kier alpha value is -1.00. The molecular weight excluding hydrogens is 270 g/mol. The number of carbonyl (C=O) groups is 1. The Morgan fingerprint density at radius 3 is 2.25 bits per heavy atom. The van der Waals surface area contributed by atoms with Gasteiger partial charge in [-0.05, 0) is 30.9 Å². The van der Waals surface area contributed by atoms with Gasteiger partial charge in [0, 0.05) is 11.0 Å². The molecule has 0 fully saturated rings. The number of esters is 1. The Morgan fingerprint density at radius 2 is 1.75 bits per heavy atom. The van der Waals surface area contributed by atoms with Gasteiger partial charge in [-0.2, -0.15) is 11.8 Å². The van der Waals surface area contributed by atoms with Crippen LogP contribution in [-0.4, -0.2) is 24.4 Å². The van der Waals surface area contributed by atoms with Crippen molar-refractivity contribution in [1.29, 1.82) is 0 Å². The Bertz CT molecular complexity index is 417. The SMILES string of the molecule is CCOC(=O)[C@@H](N)CSC(C)c1ccc(C(C)C)cc1. The largest absolute Gasteiger partial charge is 0.465 e. The van der Waals surface area contributed by atoms with Gasteiger partial charge < -0.3 is 10.5 Å². The Labute approximate surface area is 126 Å². The van der Waals surface area contributed by atoms with E-state index in [1.54, 1.807) is 18.7 Å². The maximum atomic E-state index is 11.5. The molecule has 20 heavy (non-hydrogen) atoms. The number of benzene rings is 1. The molecule has 1 aromatic rings. The second kappa shape index (κ2) is 8.32. The lowest BCUT2D eigenvalue weighted by Crippen LogP contribution is -2.34. The molecule has 0 heterocycles. The van der Waals surface area contributed by atoms with Gasteiger partial charge in [-0.15, -0.1) is 0 Å². The van der Waals surface area contributed by atoms with Crippen LogP contribution in [0.3, 0.4) is 0 Å². The summed E-state index contributed by atoms with van der Waals surface area (Å²) in [5.41, 5.74) is 8.40. The van der Waals surface area contributed by atoms with Crippen molar-refractivity contribution in [2.24, 2.45) is 5.73 Å². The van der Waals surface area contributed by atoms with E-state index in [0.717, 1.165) is 0 Å². The first kappa shape index (κ1) is 17.1. The highest BCUT2D eigenvalue weighted by atomic mass is 32.2. The zero-order valence-electron chi connectivity index (χ0n) is 12.8. The van der Waals surface area contributed by atoms with Gasteiger partial charge in [0.1, 0.15) is 6.04 Å². The Balaban J connectivity index is 2.50. The molecule has 0 aliphatic heterocycles. The van der Waals surface area contributed by atoms with Crippen LogP contribution in [-0.2, 0) is 9.53 Å². The molecule has 2 N–H and O–H groups in total. The van der Waals surface area contributed by atoms with E-state index >= 15 is 0 Å². The molecule has 0 aromatic heterocycles. The van der Waals surface area contributed by atoms with Crippen LogP contribution < -0.4 is 5.73 Å². The van der Waals surface area contributed by atoms with Gasteiger partial charge in [-0.3, -0.25) is 4.79 Å². The van der Waals surface area contributed by atoms with Crippen molar-refractivity contribution < 1.29 is 9.53 Å². The number of nitrogens with two attached hydrogens (primary N) is 1. The van der Waals surface area contributed by atoms with Crippen LogP contribution in [0.1, 0.15) is 50.0 Å². The first-order valence-electron chi connectivity index (χ1n) is 7.09. The molecule has 0 amide bonds. The van der Waals surface area contributed by atoms with Crippen LogP contribution in [0.5, 0.6) is 0 Å². The molecule has 0 bridgehead atoms. The summed E-state index contributed by atoms with van der Waals surface area (Å²) >= 11 is 1.68. The summed E-state index contributed by atoms with van der Waals surface area (Å²) in [6.45, 7) is 8.67. The molecule has 0 aliphatic rings. The van der Waals surface area contributed by atoms with Crippen molar-refractivity contribution in [1.82, 2.24) is 0 Å². The van der Waals surface area contributed by atoms with Crippen LogP contribution >= 0.6 is 11.8 Å². The molecule has 1 rings (SSSR count). The quantitative estimate of drug-likeness (QED) is 0.782. The van der Waals surface area contributed by atoms with E-state index in [1.807, 2.05) is 0 Å². The maximum absolute atomic E-state index is 11.5. The minimum atomic E-state index is -0.544. The highest BCUT2D eigenvalue weighted by Gasteiger charge is 2.16. The van der Waals surface area contributed by atoms with Crippen molar-refractivity contribution in [2.45, 2.75) is 44.9 Å². The molecule has 0 aliphatic carbocycles. The number of thioether (sulfide) groups is 1. The Kier molecular flexibility index (Phi) is 7.10. The Morgan fingerprint density at radius 1 is 1.20 bits per heavy atom. The van der Waals surface area contributed by atoms with E-state index in [0.29, 0.717) is 23.5 Å². The molecule has 1 aromatic carbocycles. The van der Waals surface area contributed by atoms with Gasteiger partial charge in [0.2, 0.25) is 0 Å². The standard InChI is InChI=1S/C16H25NO2S/c1-5-19-16(18)15(17)10-20-12(4)14-8-6-13(7-9-14)11(2)3/h6-9,11-12,15H,5,10,17H2,1-4H3/t12?,15-/m0/s1. The lowest BCUT2D eigenvalue weighted by molar-refractivity contribution is -0.144. The van der Waals surface area contributed by atoms with Gasteiger partial charge in [0.15, 0.2) is 0 Å². The van der Waals surface area contributed by atoms with E-state index in [9.17, 15) is 4.79 Å². The predicted octanol–water partition coefficient (Wildman–Crippen LogP) is 3.49. The van der Waals surface area contributed by atoms with Crippen molar-refractivity contribution in [2.75, 3.05) is 12.4 Å². The van der Waals surface area contributed by atoms with Crippen molar-refractivity contribution in [3.63, 3.8) is 0 Å². The average Bonchev–Trinajstić information content (AvgIpc) is 2.44. The van der Waals surface area contributed by atoms with Crippen molar-refractivity contribution in [3.05, 3.63) is 35.4 Å². The summed E-state index contributed by atoms with van der Waals surface area (Å²) in [7, 11) is 0. The minimum Gasteiger partial charge on any atom is -0.465 e. The summed E-state index contributed by atoms with van der Waals surface area (Å²) in [5.74, 6) is 0.804. The molecule has 0 radical (unpaired) electrons. The van der Waals surface area contributed by atoms with E-state index in [1.165, 1.54) is 11.1 Å². The normalized spacial score (nSPS) is 14.1. The fourth-order valence-corrected chi connectivity index (χ4v) is 2.80. The van der Waals surface area contributed by atoms with Crippen LogP contribution in [0.4, 0.5) is 0 Å². The topological polar surface area (TPSA) is 52.3 Å². The second-order valence-electron chi connectivity index (χ2n) is 5.16. The highest BCUT2D eigenvalue weighted by molar-refractivity contribution is 7.99. The smallest absolute Gasteiger partial charge is 0.323 e. The number of carbonyl (C=O) groups excluding carboxylic acids is 1. The first-order chi connectivity index (χ1) is 9.45. The third-order valence-corrected chi connectivity index (χ3v) is 4.51. The molecule has 3 nitrogen and oxygen atoms in total. The fourth-order valence-electron chi connectivity index (χ4n) is 1.81. The third-order valence-electron chi connectivity index (χ3n) is 3.19. The second-order valence-corrected chi connectivity index (χ2v) is 6.53. The summed E-state index contributed by atoms with van der Waals surface area (Å²) in [4.78, 5) is 11.5. The van der Waals surface area contributed by atoms with Crippen LogP contribution in [0.15, 0.2) is 24.3 Å². The van der Waals surface area contributed by atoms with Gasteiger partial charge >= 0.3 is 5.97 Å². The van der Waals surface area contributed by atoms with Crippen LogP contribution in [0, 0.1) is 0 Å². The highest BCUT2D eigenvalue weighted by Crippen LogP contribution is 2.29. The van der Waals surface area contributed by atoms with E-state index < -0.39 is 6.04 Å². The predicted molar refractivity (Wildman–Crippen MR) is 86.0 cm³/mol. The third kappa shape index (κ3) is 5.17. The summed E-state index contributed by atoms with van der Waals surface area (Å²) < 4.78 is 4.91. The summed E-state index contributed by atoms with van der Waals surface area (Å²) in [6.07, 6.45) is 0. The zero-order valence-corrected chi connectivity index (χ0v) is 13.6. The van der Waals surface area contributed by atoms with Gasteiger partial charge in [0.25, 0.3) is 0 Å². The van der Waals surface area contributed by atoms with E-state index in [4.69, 9.17) is 10.5 Å². The minimum absolute atomic E-state index is 0.316. The van der Waals surface area contributed by atoms with Crippen molar-refractivity contribution >= 4 is 17.7 Å². The maximum Gasteiger partial charge on any atom is 0.323 e. The monoisotopic (exact) mass is 295 g/mol. The van der Waals surface area contributed by atoms with E-state index in [2.05, 4.69) is 45.0 Å². The van der Waals surface area contributed by atoms with Crippen molar-refractivity contribution in [3.8, 4) is 0 Å². The van der Waals surface area contributed by atoms with Gasteiger partial charge in [-0.25, -0.2) is 0 Å². The molecule has 4 heteroatoms. The molecule has 0 saturated heterocycles. The molecule has 1 unspecified atom stereocenters. The molecule has 0 saturated carbocycles. The number of ether oxygens (including phenoxy) is 1. The number of rotatable bonds is 7. The van der Waals surface area contributed by atoms with Gasteiger partial charge in [0.05, 0.1) is 6.61 Å². The molecule has 0 spiro atoms. The first-order valence-corrected chi connectivity index (χ1v) is 8.14. The lowest BCUT2D eigenvalue weighted by atomic mass is 10.0. The molecule has 2 atom stereocenters. The van der Waals surface area contributed by atoms with Gasteiger partial charge in [-0.1, -0.05) is 38.1 Å². The van der Waals surface area contributed by atoms with Crippen LogP contribution in [0.25, 0.3) is 0 Å². The number of hydrogen-bond donors (Lipinski definition) is 1. The number of hydrogen-bond acceptors (Lipinski definition) is 4. The fraction of sp³-hybridized carbons (Fsp3) is 0.562. The van der Waals surface area contributed by atoms with E-state index in [-0.39, 0.29) is 5.97 Å².